The molecule has 0 saturated heterocycles. The normalized spacial score (nSPS) is 35.3. The van der Waals surface area contributed by atoms with E-state index in [-0.39, 0.29) is 5.41 Å². The van der Waals surface area contributed by atoms with Gasteiger partial charge in [0.2, 0.25) is 0 Å². The average Bonchev–Trinajstić information content (AvgIpc) is 2.54. The molecule has 4 bridgehead atoms. The largest absolute Gasteiger partial charge is 0.294 e. The lowest BCUT2D eigenvalue weighted by Gasteiger charge is -2.55. The van der Waals surface area contributed by atoms with Crippen LogP contribution in [0.5, 0.6) is 0 Å². The molecule has 4 aliphatic rings. The first-order valence-electron chi connectivity index (χ1n) is 9.20. The van der Waals surface area contributed by atoms with E-state index < -0.39 is 0 Å². The summed E-state index contributed by atoms with van der Waals surface area (Å²) in [6, 6.07) is 10.3. The molecule has 1 aromatic carbocycles. The number of ketones is 1. The third-order valence-corrected chi connectivity index (χ3v) is 6.85. The third-order valence-electron chi connectivity index (χ3n) is 6.42. The minimum absolute atomic E-state index is 0.0345. The van der Waals surface area contributed by atoms with Crippen molar-refractivity contribution < 1.29 is 4.79 Å². The molecule has 4 fully saturated rings. The second kappa shape index (κ2) is 6.29. The molecular weight excluding hydrogens is 360 g/mol. The van der Waals surface area contributed by atoms with Crippen molar-refractivity contribution in [3.8, 4) is 0 Å². The van der Waals surface area contributed by atoms with E-state index in [0.717, 1.165) is 52.6 Å². The predicted octanol–water partition coefficient (Wildman–Crippen LogP) is 6.15. The Labute approximate surface area is 153 Å². The van der Waals surface area contributed by atoms with Gasteiger partial charge in [-0.05, 0) is 84.9 Å². The van der Waals surface area contributed by atoms with E-state index in [1.165, 1.54) is 19.3 Å². The number of allylic oxidation sites excluding steroid dienone is 4. The average molecular weight is 385 g/mol. The van der Waals surface area contributed by atoms with Crippen molar-refractivity contribution in [2.45, 2.75) is 45.4 Å². The first-order chi connectivity index (χ1) is 11.6. The van der Waals surface area contributed by atoms with Gasteiger partial charge < -0.3 is 0 Å². The Bertz CT molecular complexity index is 659. The lowest BCUT2D eigenvalue weighted by Crippen LogP contribution is -2.49. The van der Waals surface area contributed by atoms with Crippen molar-refractivity contribution in [1.29, 1.82) is 0 Å². The molecule has 4 saturated carbocycles. The van der Waals surface area contributed by atoms with E-state index in [4.69, 9.17) is 0 Å². The zero-order chi connectivity index (χ0) is 16.7. The molecule has 0 atom stereocenters. The molecule has 2 heteroatoms. The van der Waals surface area contributed by atoms with Gasteiger partial charge in [-0.3, -0.25) is 4.79 Å². The zero-order valence-corrected chi connectivity index (χ0v) is 15.9. The van der Waals surface area contributed by atoms with E-state index in [1.807, 2.05) is 37.3 Å². The topological polar surface area (TPSA) is 17.1 Å². The summed E-state index contributed by atoms with van der Waals surface area (Å²) in [5.74, 6) is 2.82. The summed E-state index contributed by atoms with van der Waals surface area (Å²) in [6.45, 7) is 2.04. The molecular formula is C22H25BrO. The zero-order valence-electron chi connectivity index (χ0n) is 14.3. The van der Waals surface area contributed by atoms with E-state index in [1.54, 1.807) is 0 Å². The van der Waals surface area contributed by atoms with Gasteiger partial charge in [0.25, 0.3) is 0 Å². The van der Waals surface area contributed by atoms with Gasteiger partial charge in [-0.15, -0.1) is 0 Å². The van der Waals surface area contributed by atoms with Crippen LogP contribution in [0, 0.1) is 23.2 Å². The van der Waals surface area contributed by atoms with Crippen molar-refractivity contribution in [2.75, 3.05) is 0 Å². The lowest BCUT2D eigenvalue weighted by atomic mass is 9.48. The summed E-state index contributed by atoms with van der Waals surface area (Å²) in [5, 5.41) is 0. The SMILES string of the molecule is C/C(Br)=C(/C=C/C(=O)C12CC3CC(CC(C3)C1)C2)c1ccccc1. The maximum Gasteiger partial charge on any atom is 0.161 e. The molecule has 4 aliphatic carbocycles. The van der Waals surface area contributed by atoms with Crippen LogP contribution in [0.2, 0.25) is 0 Å². The van der Waals surface area contributed by atoms with Gasteiger partial charge in [0.05, 0.1) is 0 Å². The first-order valence-corrected chi connectivity index (χ1v) is 9.99. The fourth-order valence-corrected chi connectivity index (χ4v) is 6.14. The second-order valence-corrected chi connectivity index (χ2v) is 9.40. The summed E-state index contributed by atoms with van der Waals surface area (Å²) in [4.78, 5) is 13.1. The number of carbonyl (C=O) groups is 1. The first kappa shape index (κ1) is 16.3. The van der Waals surface area contributed by atoms with Crippen LogP contribution in [0.3, 0.4) is 0 Å². The van der Waals surface area contributed by atoms with Crippen LogP contribution in [0.1, 0.15) is 51.0 Å². The smallest absolute Gasteiger partial charge is 0.161 e. The Morgan fingerprint density at radius 2 is 1.54 bits per heavy atom. The molecule has 1 aromatic rings. The Morgan fingerprint density at radius 1 is 1.00 bits per heavy atom. The van der Waals surface area contributed by atoms with Crippen molar-refractivity contribution >= 4 is 27.3 Å². The summed E-state index contributed by atoms with van der Waals surface area (Å²) in [5.41, 5.74) is 2.22. The molecule has 0 aromatic heterocycles. The van der Waals surface area contributed by atoms with E-state index in [9.17, 15) is 4.79 Å². The van der Waals surface area contributed by atoms with Gasteiger partial charge in [-0.2, -0.15) is 0 Å². The van der Waals surface area contributed by atoms with Gasteiger partial charge >= 0.3 is 0 Å². The fraction of sp³-hybridized carbons (Fsp3) is 0.500. The molecule has 0 spiro atoms. The van der Waals surface area contributed by atoms with Gasteiger partial charge in [0.1, 0.15) is 0 Å². The molecule has 0 heterocycles. The van der Waals surface area contributed by atoms with Gasteiger partial charge in [0, 0.05) is 5.41 Å². The van der Waals surface area contributed by atoms with Crippen molar-refractivity contribution in [3.63, 3.8) is 0 Å². The quantitative estimate of drug-likeness (QED) is 0.449. The highest BCUT2D eigenvalue weighted by Gasteiger charge is 2.53. The van der Waals surface area contributed by atoms with Crippen molar-refractivity contribution in [1.82, 2.24) is 0 Å². The standard InChI is InChI=1S/C22H25BrO/c1-15(23)20(19-5-3-2-4-6-19)7-8-21(24)22-12-16-9-17(13-22)11-18(10-16)14-22/h2-8,16-18H,9-14H2,1H3/b8-7+,20-15+. The number of hydrogen-bond donors (Lipinski definition) is 0. The minimum atomic E-state index is -0.0345. The lowest BCUT2D eigenvalue weighted by molar-refractivity contribution is -0.138. The Kier molecular flexibility index (Phi) is 4.28. The van der Waals surface area contributed by atoms with Gasteiger partial charge in [0.15, 0.2) is 5.78 Å². The maximum atomic E-state index is 13.1. The van der Waals surface area contributed by atoms with E-state index in [0.29, 0.717) is 5.78 Å². The second-order valence-electron chi connectivity index (χ2n) is 8.21. The maximum absolute atomic E-state index is 13.1. The minimum Gasteiger partial charge on any atom is -0.294 e. The summed E-state index contributed by atoms with van der Waals surface area (Å²) >= 11 is 3.61. The highest BCUT2D eigenvalue weighted by Crippen LogP contribution is 2.60. The molecule has 0 unspecified atom stereocenters. The Morgan fingerprint density at radius 3 is 2.04 bits per heavy atom. The van der Waals surface area contributed by atoms with Crippen LogP contribution < -0.4 is 0 Å². The molecule has 0 amide bonds. The van der Waals surface area contributed by atoms with Crippen LogP contribution in [0.4, 0.5) is 0 Å². The monoisotopic (exact) mass is 384 g/mol. The van der Waals surface area contributed by atoms with Crippen molar-refractivity contribution in [3.05, 3.63) is 52.5 Å². The van der Waals surface area contributed by atoms with Crippen LogP contribution in [0.25, 0.3) is 5.57 Å². The van der Waals surface area contributed by atoms with Crippen molar-refractivity contribution in [2.24, 2.45) is 23.2 Å². The fourth-order valence-electron chi connectivity index (χ4n) is 5.78. The van der Waals surface area contributed by atoms with Crippen LogP contribution in [0.15, 0.2) is 47.0 Å². The van der Waals surface area contributed by atoms with Crippen LogP contribution in [-0.4, -0.2) is 5.78 Å². The number of benzene rings is 1. The Balaban J connectivity index is 1.57. The van der Waals surface area contributed by atoms with Crippen LogP contribution >= 0.6 is 15.9 Å². The molecule has 1 nitrogen and oxygen atoms in total. The highest BCUT2D eigenvalue weighted by atomic mass is 79.9. The summed E-state index contributed by atoms with van der Waals surface area (Å²) in [7, 11) is 0. The molecule has 0 radical (unpaired) electrons. The summed E-state index contributed by atoms with van der Waals surface area (Å²) in [6.07, 6.45) is 11.5. The van der Waals surface area contributed by atoms with E-state index >= 15 is 0 Å². The third kappa shape index (κ3) is 2.94. The number of halogens is 1. The van der Waals surface area contributed by atoms with E-state index in [2.05, 4.69) is 28.1 Å². The molecule has 5 rings (SSSR count). The predicted molar refractivity (Wildman–Crippen MR) is 103 cm³/mol. The number of rotatable bonds is 4. The molecule has 24 heavy (non-hydrogen) atoms. The Hall–Kier alpha value is -1.15. The highest BCUT2D eigenvalue weighted by molar-refractivity contribution is 9.11. The number of carbonyl (C=O) groups excluding carboxylic acids is 1. The molecule has 126 valence electrons. The summed E-state index contributed by atoms with van der Waals surface area (Å²) < 4.78 is 1.07. The van der Waals surface area contributed by atoms with Crippen LogP contribution in [-0.2, 0) is 4.79 Å². The molecule has 0 N–H and O–H groups in total. The molecule has 0 aliphatic heterocycles. The van der Waals surface area contributed by atoms with Gasteiger partial charge in [-0.1, -0.05) is 52.3 Å². The number of hydrogen-bond acceptors (Lipinski definition) is 1. The van der Waals surface area contributed by atoms with Gasteiger partial charge in [-0.25, -0.2) is 0 Å².